The van der Waals surface area contributed by atoms with Crippen molar-refractivity contribution in [3.63, 3.8) is 0 Å². The number of aromatic nitrogens is 2. The summed E-state index contributed by atoms with van der Waals surface area (Å²) in [7, 11) is 1.82. The van der Waals surface area contributed by atoms with E-state index in [1.54, 1.807) is 23.2 Å². The van der Waals surface area contributed by atoms with Crippen LogP contribution >= 0.6 is 0 Å². The highest BCUT2D eigenvalue weighted by Crippen LogP contribution is 2.25. The van der Waals surface area contributed by atoms with Crippen LogP contribution in [0.1, 0.15) is 24.2 Å². The molecule has 0 aliphatic carbocycles. The van der Waals surface area contributed by atoms with Gasteiger partial charge in [0.1, 0.15) is 0 Å². The summed E-state index contributed by atoms with van der Waals surface area (Å²) >= 11 is 0. The van der Waals surface area contributed by atoms with Crippen molar-refractivity contribution in [1.29, 1.82) is 0 Å². The molecule has 3 nitrogen and oxygen atoms in total. The molecule has 1 aromatic carbocycles. The molecule has 0 spiro atoms. The minimum atomic E-state index is -0.836. The van der Waals surface area contributed by atoms with Gasteiger partial charge in [0.15, 0.2) is 11.6 Å². The summed E-state index contributed by atoms with van der Waals surface area (Å²) in [6.07, 6.45) is 3.29. The lowest BCUT2D eigenvalue weighted by Gasteiger charge is -2.19. The van der Waals surface area contributed by atoms with Crippen molar-refractivity contribution in [3.05, 3.63) is 53.6 Å². The molecule has 0 saturated carbocycles. The standard InChI is InChI=1S/C13H15F2N3/c1-3-17-13(11-7-16-8-18(11)2)9-5-4-6-10(14)12(9)15/h4-8,13,17H,3H2,1-2H3. The highest BCUT2D eigenvalue weighted by atomic mass is 19.2. The van der Waals surface area contributed by atoms with Crippen LogP contribution in [0.2, 0.25) is 0 Å². The fourth-order valence-corrected chi connectivity index (χ4v) is 1.97. The molecule has 0 aliphatic rings. The zero-order valence-corrected chi connectivity index (χ0v) is 10.3. The Bertz CT molecular complexity index is 537. The van der Waals surface area contributed by atoms with E-state index in [0.717, 1.165) is 11.8 Å². The Morgan fingerprint density at radius 2 is 2.17 bits per heavy atom. The van der Waals surface area contributed by atoms with E-state index in [-0.39, 0.29) is 0 Å². The SMILES string of the molecule is CCNC(c1cccc(F)c1F)c1cncn1C. The number of halogens is 2. The fraction of sp³-hybridized carbons (Fsp3) is 0.308. The molecular formula is C13H15F2N3. The molecule has 2 aromatic rings. The monoisotopic (exact) mass is 251 g/mol. The molecule has 1 heterocycles. The predicted octanol–water partition coefficient (Wildman–Crippen LogP) is 2.40. The van der Waals surface area contributed by atoms with Gasteiger partial charge in [-0.2, -0.15) is 0 Å². The molecule has 0 amide bonds. The number of nitrogens with one attached hydrogen (secondary N) is 1. The minimum absolute atomic E-state index is 0.292. The molecule has 5 heteroatoms. The number of nitrogens with zero attached hydrogens (tertiary/aromatic N) is 2. The Kier molecular flexibility index (Phi) is 3.72. The largest absolute Gasteiger partial charge is 0.336 e. The van der Waals surface area contributed by atoms with E-state index in [0.29, 0.717) is 12.1 Å². The Morgan fingerprint density at radius 3 is 2.78 bits per heavy atom. The van der Waals surface area contributed by atoms with Crippen LogP contribution in [0.15, 0.2) is 30.7 Å². The Labute approximate surface area is 104 Å². The van der Waals surface area contributed by atoms with E-state index in [1.807, 2.05) is 14.0 Å². The maximum absolute atomic E-state index is 13.9. The summed E-state index contributed by atoms with van der Waals surface area (Å²) in [6.45, 7) is 2.56. The quantitative estimate of drug-likeness (QED) is 0.904. The minimum Gasteiger partial charge on any atom is -0.336 e. The predicted molar refractivity (Wildman–Crippen MR) is 65.1 cm³/mol. The van der Waals surface area contributed by atoms with Gasteiger partial charge in [0, 0.05) is 12.6 Å². The van der Waals surface area contributed by atoms with Gasteiger partial charge in [-0.05, 0) is 12.6 Å². The lowest BCUT2D eigenvalue weighted by atomic mass is 10.0. The Hall–Kier alpha value is -1.75. The lowest BCUT2D eigenvalue weighted by Crippen LogP contribution is -2.25. The number of rotatable bonds is 4. The Balaban J connectivity index is 2.48. The fourth-order valence-electron chi connectivity index (χ4n) is 1.97. The highest BCUT2D eigenvalue weighted by molar-refractivity contribution is 5.29. The van der Waals surface area contributed by atoms with Crippen molar-refractivity contribution in [2.24, 2.45) is 7.05 Å². The Morgan fingerprint density at radius 1 is 1.39 bits per heavy atom. The first-order valence-electron chi connectivity index (χ1n) is 5.78. The van der Waals surface area contributed by atoms with Crippen molar-refractivity contribution >= 4 is 0 Å². The number of benzene rings is 1. The van der Waals surface area contributed by atoms with E-state index >= 15 is 0 Å². The first-order valence-corrected chi connectivity index (χ1v) is 5.78. The van der Waals surface area contributed by atoms with E-state index in [9.17, 15) is 8.78 Å². The summed E-state index contributed by atoms with van der Waals surface area (Å²) in [6, 6.07) is 3.80. The molecule has 0 aliphatic heterocycles. The van der Waals surface area contributed by atoms with E-state index < -0.39 is 17.7 Å². The van der Waals surface area contributed by atoms with Gasteiger partial charge in [-0.1, -0.05) is 19.1 Å². The van der Waals surface area contributed by atoms with Crippen LogP contribution in [0.4, 0.5) is 8.78 Å². The summed E-state index contributed by atoms with van der Waals surface area (Å²) in [5.41, 5.74) is 1.09. The van der Waals surface area contributed by atoms with Crippen molar-refractivity contribution in [3.8, 4) is 0 Å². The van der Waals surface area contributed by atoms with Crippen molar-refractivity contribution in [1.82, 2.24) is 14.9 Å². The molecular weight excluding hydrogens is 236 g/mol. The number of imidazole rings is 1. The molecule has 0 radical (unpaired) electrons. The first-order chi connectivity index (χ1) is 8.65. The maximum Gasteiger partial charge on any atom is 0.163 e. The average molecular weight is 251 g/mol. The first kappa shape index (κ1) is 12.7. The van der Waals surface area contributed by atoms with Crippen LogP contribution in [0, 0.1) is 11.6 Å². The zero-order valence-electron chi connectivity index (χ0n) is 10.3. The molecule has 18 heavy (non-hydrogen) atoms. The van der Waals surface area contributed by atoms with Gasteiger partial charge in [-0.15, -0.1) is 0 Å². The summed E-state index contributed by atoms with van der Waals surface area (Å²) in [5, 5.41) is 3.14. The van der Waals surface area contributed by atoms with Crippen LogP contribution < -0.4 is 5.32 Å². The van der Waals surface area contributed by atoms with Crippen molar-refractivity contribution in [2.45, 2.75) is 13.0 Å². The van der Waals surface area contributed by atoms with Gasteiger partial charge >= 0.3 is 0 Å². The van der Waals surface area contributed by atoms with E-state index in [4.69, 9.17) is 0 Å². The second kappa shape index (κ2) is 5.27. The van der Waals surface area contributed by atoms with Crippen LogP contribution in [-0.4, -0.2) is 16.1 Å². The summed E-state index contributed by atoms with van der Waals surface area (Å²) in [5.74, 6) is -1.65. The topological polar surface area (TPSA) is 29.9 Å². The van der Waals surface area contributed by atoms with Crippen LogP contribution in [0.3, 0.4) is 0 Å². The lowest BCUT2D eigenvalue weighted by molar-refractivity contribution is 0.478. The molecule has 1 atom stereocenters. The normalized spacial score (nSPS) is 12.7. The number of aryl methyl sites for hydroxylation is 1. The third-order valence-corrected chi connectivity index (χ3v) is 2.85. The van der Waals surface area contributed by atoms with Gasteiger partial charge in [0.05, 0.1) is 24.3 Å². The molecule has 1 aromatic heterocycles. The summed E-state index contributed by atoms with van der Waals surface area (Å²) in [4.78, 5) is 4.01. The van der Waals surface area contributed by atoms with Gasteiger partial charge in [-0.25, -0.2) is 13.8 Å². The van der Waals surface area contributed by atoms with Crippen LogP contribution in [0.5, 0.6) is 0 Å². The molecule has 0 fully saturated rings. The van der Waals surface area contributed by atoms with Crippen molar-refractivity contribution < 1.29 is 8.78 Å². The molecule has 1 N–H and O–H groups in total. The second-order valence-electron chi connectivity index (χ2n) is 4.06. The van der Waals surface area contributed by atoms with Crippen LogP contribution in [0.25, 0.3) is 0 Å². The van der Waals surface area contributed by atoms with Gasteiger partial charge in [0.2, 0.25) is 0 Å². The van der Waals surface area contributed by atoms with E-state index in [2.05, 4.69) is 10.3 Å². The number of hydrogen-bond acceptors (Lipinski definition) is 2. The van der Waals surface area contributed by atoms with Gasteiger partial charge < -0.3 is 9.88 Å². The van der Waals surface area contributed by atoms with Crippen molar-refractivity contribution in [2.75, 3.05) is 6.54 Å². The third-order valence-electron chi connectivity index (χ3n) is 2.85. The van der Waals surface area contributed by atoms with Gasteiger partial charge in [0.25, 0.3) is 0 Å². The van der Waals surface area contributed by atoms with Gasteiger partial charge in [-0.3, -0.25) is 0 Å². The second-order valence-corrected chi connectivity index (χ2v) is 4.06. The summed E-state index contributed by atoms with van der Waals surface area (Å²) < 4.78 is 28.9. The molecule has 96 valence electrons. The molecule has 1 unspecified atom stereocenters. The van der Waals surface area contributed by atoms with E-state index in [1.165, 1.54) is 6.07 Å². The molecule has 0 saturated heterocycles. The average Bonchev–Trinajstić information content (AvgIpc) is 2.76. The maximum atomic E-state index is 13.9. The highest BCUT2D eigenvalue weighted by Gasteiger charge is 2.21. The third kappa shape index (κ3) is 2.26. The smallest absolute Gasteiger partial charge is 0.163 e. The number of hydrogen-bond donors (Lipinski definition) is 1. The molecule has 2 rings (SSSR count). The van der Waals surface area contributed by atoms with Crippen LogP contribution in [-0.2, 0) is 7.05 Å². The molecule has 0 bridgehead atoms. The zero-order chi connectivity index (χ0) is 13.1.